The lowest BCUT2D eigenvalue weighted by atomic mass is 9.85. The molecule has 0 aliphatic heterocycles. The van der Waals surface area contributed by atoms with Crippen LogP contribution >= 0.6 is 34.5 Å². The maximum absolute atomic E-state index is 12.8. The summed E-state index contributed by atoms with van der Waals surface area (Å²) in [5, 5.41) is 4.21. The fraction of sp³-hybridized carbons (Fsp3) is 0.455. The lowest BCUT2D eigenvalue weighted by molar-refractivity contribution is -0.122. The van der Waals surface area contributed by atoms with Crippen LogP contribution in [0.3, 0.4) is 0 Å². The number of halogens is 2. The van der Waals surface area contributed by atoms with Gasteiger partial charge in [0, 0.05) is 9.90 Å². The molecule has 1 heterocycles. The second kappa shape index (κ2) is 10.0. The molecule has 0 spiro atoms. The van der Waals surface area contributed by atoms with E-state index < -0.39 is 12.1 Å². The molecular formula is C22H25Cl2NO4S. The average Bonchev–Trinajstić information content (AvgIpc) is 3.06. The van der Waals surface area contributed by atoms with E-state index in [1.54, 1.807) is 32.0 Å². The third-order valence-corrected chi connectivity index (χ3v) is 6.93. The normalized spacial score (nSPS) is 16.5. The minimum atomic E-state index is -0.818. The van der Waals surface area contributed by atoms with Crippen molar-refractivity contribution < 1.29 is 19.1 Å². The average molecular weight is 470 g/mol. The van der Waals surface area contributed by atoms with E-state index in [1.165, 1.54) is 11.3 Å². The Hall–Kier alpha value is -1.76. The van der Waals surface area contributed by atoms with Crippen LogP contribution in [0.25, 0.3) is 0 Å². The molecule has 3 rings (SSSR count). The minimum Gasteiger partial charge on any atom is -0.479 e. The van der Waals surface area contributed by atoms with Crippen molar-refractivity contribution in [1.82, 2.24) is 0 Å². The second-order valence-electron chi connectivity index (χ2n) is 7.27. The van der Waals surface area contributed by atoms with Gasteiger partial charge >= 0.3 is 5.97 Å². The Morgan fingerprint density at radius 2 is 2.07 bits per heavy atom. The maximum atomic E-state index is 12.8. The summed E-state index contributed by atoms with van der Waals surface area (Å²) >= 11 is 13.5. The van der Waals surface area contributed by atoms with Crippen LogP contribution in [0.2, 0.25) is 10.0 Å². The predicted octanol–water partition coefficient (Wildman–Crippen LogP) is 6.15. The van der Waals surface area contributed by atoms with Gasteiger partial charge in [-0.1, -0.05) is 36.5 Å². The number of esters is 1. The highest BCUT2D eigenvalue weighted by atomic mass is 35.5. The highest BCUT2D eigenvalue weighted by Gasteiger charge is 2.30. The molecule has 1 aromatic carbocycles. The third-order valence-electron chi connectivity index (χ3n) is 5.23. The smallest absolute Gasteiger partial charge is 0.341 e. The Morgan fingerprint density at radius 1 is 1.30 bits per heavy atom. The van der Waals surface area contributed by atoms with Gasteiger partial charge < -0.3 is 14.8 Å². The molecule has 1 aromatic heterocycles. The highest BCUT2D eigenvalue weighted by molar-refractivity contribution is 7.17. The zero-order valence-electron chi connectivity index (χ0n) is 17.2. The molecule has 1 aliphatic carbocycles. The topological polar surface area (TPSA) is 64.6 Å². The molecule has 162 valence electrons. The van der Waals surface area contributed by atoms with Crippen molar-refractivity contribution >= 4 is 51.4 Å². The van der Waals surface area contributed by atoms with Crippen molar-refractivity contribution in [3.63, 3.8) is 0 Å². The van der Waals surface area contributed by atoms with E-state index in [4.69, 9.17) is 32.7 Å². The summed E-state index contributed by atoms with van der Waals surface area (Å²) in [6.45, 7) is 5.86. The summed E-state index contributed by atoms with van der Waals surface area (Å²) in [6.07, 6.45) is 3.06. The number of rotatable bonds is 7. The highest BCUT2D eigenvalue weighted by Crippen LogP contribution is 2.41. The van der Waals surface area contributed by atoms with Crippen LogP contribution in [0, 0.1) is 5.92 Å². The van der Waals surface area contributed by atoms with Gasteiger partial charge in [0.25, 0.3) is 5.91 Å². The zero-order chi connectivity index (χ0) is 21.8. The summed E-state index contributed by atoms with van der Waals surface area (Å²) in [6, 6.07) is 4.82. The van der Waals surface area contributed by atoms with Gasteiger partial charge in [-0.05, 0) is 62.8 Å². The van der Waals surface area contributed by atoms with Crippen LogP contribution in [0.4, 0.5) is 5.00 Å². The number of benzene rings is 1. The summed E-state index contributed by atoms with van der Waals surface area (Å²) < 4.78 is 11.0. The number of anilines is 1. The van der Waals surface area contributed by atoms with E-state index in [9.17, 15) is 9.59 Å². The van der Waals surface area contributed by atoms with Crippen molar-refractivity contribution in [3.05, 3.63) is 44.2 Å². The van der Waals surface area contributed by atoms with Crippen LogP contribution in [0.1, 0.15) is 54.4 Å². The van der Waals surface area contributed by atoms with Crippen molar-refractivity contribution in [2.45, 2.75) is 52.6 Å². The van der Waals surface area contributed by atoms with E-state index in [-0.39, 0.29) is 12.5 Å². The number of ether oxygens (including phenoxy) is 2. The van der Waals surface area contributed by atoms with Gasteiger partial charge in [-0.2, -0.15) is 0 Å². The fourth-order valence-corrected chi connectivity index (χ4v) is 5.34. The lowest BCUT2D eigenvalue weighted by Crippen LogP contribution is -2.30. The summed E-state index contributed by atoms with van der Waals surface area (Å²) in [5.74, 6) is 0.210. The predicted molar refractivity (Wildman–Crippen MR) is 121 cm³/mol. The SMILES string of the molecule is CCOC(=O)c1c(NC(=O)[C@H](C)Oc2ccc(Cl)cc2Cl)sc2c1CC[C@H](CC)C2. The molecule has 1 amide bonds. The molecule has 0 unspecified atom stereocenters. The molecule has 0 radical (unpaired) electrons. The number of nitrogens with one attached hydrogen (secondary N) is 1. The van der Waals surface area contributed by atoms with Crippen molar-refractivity contribution in [3.8, 4) is 5.75 Å². The van der Waals surface area contributed by atoms with Crippen molar-refractivity contribution in [2.24, 2.45) is 5.92 Å². The fourth-order valence-electron chi connectivity index (χ4n) is 3.54. The van der Waals surface area contributed by atoms with Crippen LogP contribution in [-0.2, 0) is 22.4 Å². The molecule has 1 N–H and O–H groups in total. The number of amides is 1. The van der Waals surface area contributed by atoms with Crippen LogP contribution in [0.5, 0.6) is 5.75 Å². The largest absolute Gasteiger partial charge is 0.479 e. The monoisotopic (exact) mass is 469 g/mol. The molecule has 5 nitrogen and oxygen atoms in total. The quantitative estimate of drug-likeness (QED) is 0.493. The summed E-state index contributed by atoms with van der Waals surface area (Å²) in [5.41, 5.74) is 1.49. The third kappa shape index (κ3) is 5.10. The van der Waals surface area contributed by atoms with Gasteiger partial charge in [-0.15, -0.1) is 11.3 Å². The number of fused-ring (bicyclic) bond motifs is 1. The molecule has 2 atom stereocenters. The Labute approximate surface area is 190 Å². The van der Waals surface area contributed by atoms with Crippen LogP contribution < -0.4 is 10.1 Å². The van der Waals surface area contributed by atoms with Crippen molar-refractivity contribution in [2.75, 3.05) is 11.9 Å². The molecular weight excluding hydrogens is 445 g/mol. The van der Waals surface area contributed by atoms with E-state index in [0.29, 0.717) is 32.3 Å². The van der Waals surface area contributed by atoms with Crippen LogP contribution in [-0.4, -0.2) is 24.6 Å². The number of hydrogen-bond acceptors (Lipinski definition) is 5. The summed E-state index contributed by atoms with van der Waals surface area (Å²) in [4.78, 5) is 26.6. The van der Waals surface area contributed by atoms with Gasteiger partial charge in [0.2, 0.25) is 0 Å². The number of carbonyl (C=O) groups excluding carboxylic acids is 2. The summed E-state index contributed by atoms with van der Waals surface area (Å²) in [7, 11) is 0. The Morgan fingerprint density at radius 3 is 2.73 bits per heavy atom. The van der Waals surface area contributed by atoms with Gasteiger partial charge in [0.1, 0.15) is 10.8 Å². The van der Waals surface area contributed by atoms with Gasteiger partial charge in [-0.3, -0.25) is 4.79 Å². The first-order valence-electron chi connectivity index (χ1n) is 10.1. The van der Waals surface area contributed by atoms with Crippen LogP contribution in [0.15, 0.2) is 18.2 Å². The van der Waals surface area contributed by atoms with Gasteiger partial charge in [-0.25, -0.2) is 4.79 Å². The van der Waals surface area contributed by atoms with Gasteiger partial charge in [0.15, 0.2) is 6.10 Å². The van der Waals surface area contributed by atoms with E-state index >= 15 is 0 Å². The van der Waals surface area contributed by atoms with E-state index in [0.717, 1.165) is 36.1 Å². The standard InChI is InChI=1S/C22H25Cl2NO4S/c1-4-13-6-8-15-18(10-13)30-21(19(15)22(27)28-5-2)25-20(26)12(3)29-17-9-7-14(23)11-16(17)24/h7,9,11-13H,4-6,8,10H2,1-3H3,(H,25,26)/t12-,13-/m0/s1. The van der Waals surface area contributed by atoms with Gasteiger partial charge in [0.05, 0.1) is 17.2 Å². The number of carbonyl (C=O) groups is 2. The van der Waals surface area contributed by atoms with Crippen molar-refractivity contribution in [1.29, 1.82) is 0 Å². The minimum absolute atomic E-state index is 0.281. The van der Waals surface area contributed by atoms with E-state index in [1.807, 2.05) is 0 Å². The first kappa shape index (κ1) is 22.9. The first-order chi connectivity index (χ1) is 14.3. The molecule has 0 fully saturated rings. The molecule has 1 aliphatic rings. The Balaban J connectivity index is 1.81. The zero-order valence-corrected chi connectivity index (χ0v) is 19.5. The first-order valence-corrected chi connectivity index (χ1v) is 11.6. The Kier molecular flexibility index (Phi) is 7.66. The maximum Gasteiger partial charge on any atom is 0.341 e. The molecule has 30 heavy (non-hydrogen) atoms. The Bertz CT molecular complexity index is 943. The molecule has 2 aromatic rings. The van der Waals surface area contributed by atoms with E-state index in [2.05, 4.69) is 12.2 Å². The molecule has 0 bridgehead atoms. The molecule has 8 heteroatoms. The number of thiophene rings is 1. The molecule has 0 saturated carbocycles. The lowest BCUT2D eigenvalue weighted by Gasteiger charge is -2.21. The molecule has 0 saturated heterocycles. The second-order valence-corrected chi connectivity index (χ2v) is 9.22. The number of hydrogen-bond donors (Lipinski definition) is 1.